The number of rotatable bonds is 0. The van der Waals surface area contributed by atoms with Crippen molar-refractivity contribution in [2.24, 2.45) is 0 Å². The molecule has 1 unspecified atom stereocenters. The Hall–Kier alpha value is -1.96. The third kappa shape index (κ3) is 2.96. The van der Waals surface area contributed by atoms with Crippen LogP contribution in [0.3, 0.4) is 0 Å². The first-order valence-electron chi connectivity index (χ1n) is 6.65. The molecule has 0 aromatic rings. The van der Waals surface area contributed by atoms with Crippen molar-refractivity contribution in [3.63, 3.8) is 0 Å². The summed E-state index contributed by atoms with van der Waals surface area (Å²) in [6, 6.07) is -0.811. The minimum Gasteiger partial charge on any atom is -0.333 e. The summed E-state index contributed by atoms with van der Waals surface area (Å²) in [5.74, 6) is -2.56. The van der Waals surface area contributed by atoms with E-state index >= 15 is 0 Å². The minimum atomic E-state index is -0.811. The molecule has 1 atom stereocenters. The number of hydrogen-bond acceptors (Lipinski definition) is 5. The molecule has 20 heavy (non-hydrogen) atoms. The van der Waals surface area contributed by atoms with E-state index in [1.165, 1.54) is 11.8 Å². The van der Waals surface area contributed by atoms with Gasteiger partial charge < -0.3 is 15.1 Å². The molecule has 2 rings (SSSR count). The normalized spacial score (nSPS) is 24.1. The molecule has 8 nitrogen and oxygen atoms in total. The summed E-state index contributed by atoms with van der Waals surface area (Å²) in [5.41, 5.74) is 0. The second kappa shape index (κ2) is 6.00. The topological polar surface area (TPSA) is 98.8 Å². The first-order chi connectivity index (χ1) is 9.50. The zero-order valence-electron chi connectivity index (χ0n) is 11.3. The molecule has 2 aliphatic rings. The average molecular weight is 282 g/mol. The van der Waals surface area contributed by atoms with Gasteiger partial charge in [0, 0.05) is 19.6 Å². The predicted molar refractivity (Wildman–Crippen MR) is 68.4 cm³/mol. The molecule has 4 amide bonds. The minimum absolute atomic E-state index is 0.260. The zero-order valence-corrected chi connectivity index (χ0v) is 11.3. The van der Waals surface area contributed by atoms with Gasteiger partial charge in [-0.05, 0) is 19.9 Å². The Kier molecular flexibility index (Phi) is 4.33. The highest BCUT2D eigenvalue weighted by molar-refractivity contribution is 6.36. The van der Waals surface area contributed by atoms with Gasteiger partial charge in [-0.15, -0.1) is 0 Å². The van der Waals surface area contributed by atoms with E-state index < -0.39 is 29.7 Å². The van der Waals surface area contributed by atoms with Crippen molar-refractivity contribution < 1.29 is 19.2 Å². The summed E-state index contributed by atoms with van der Waals surface area (Å²) in [6.07, 6.45) is 0.772. The van der Waals surface area contributed by atoms with Gasteiger partial charge in [0.1, 0.15) is 12.6 Å². The van der Waals surface area contributed by atoms with Crippen LogP contribution in [0.1, 0.15) is 13.3 Å². The lowest BCUT2D eigenvalue weighted by atomic mass is 10.2. The monoisotopic (exact) mass is 282 g/mol. The molecule has 0 spiro atoms. The third-order valence-electron chi connectivity index (χ3n) is 3.49. The molecule has 0 aliphatic carbocycles. The van der Waals surface area contributed by atoms with E-state index in [2.05, 4.69) is 10.6 Å². The van der Waals surface area contributed by atoms with Crippen molar-refractivity contribution in [3.8, 4) is 0 Å². The Balaban J connectivity index is 2.06. The predicted octanol–water partition coefficient (Wildman–Crippen LogP) is -2.32. The number of nitrogens with one attached hydrogen (secondary N) is 2. The van der Waals surface area contributed by atoms with Crippen molar-refractivity contribution in [1.82, 2.24) is 20.4 Å². The Labute approximate surface area is 116 Å². The molecule has 0 radical (unpaired) electrons. The van der Waals surface area contributed by atoms with E-state index in [4.69, 9.17) is 0 Å². The van der Waals surface area contributed by atoms with Gasteiger partial charge in [-0.3, -0.25) is 24.5 Å². The van der Waals surface area contributed by atoms with Gasteiger partial charge in [-0.25, -0.2) is 0 Å². The molecule has 0 saturated carbocycles. The molecule has 110 valence electrons. The van der Waals surface area contributed by atoms with Crippen LogP contribution in [0.25, 0.3) is 0 Å². The Bertz CT molecular complexity index is 443. The smallest absolute Gasteiger partial charge is 0.313 e. The van der Waals surface area contributed by atoms with Gasteiger partial charge in [0.2, 0.25) is 11.8 Å². The van der Waals surface area contributed by atoms with E-state index in [0.717, 1.165) is 17.9 Å². The summed E-state index contributed by atoms with van der Waals surface area (Å²) >= 11 is 0. The van der Waals surface area contributed by atoms with Crippen LogP contribution < -0.4 is 10.6 Å². The highest BCUT2D eigenvalue weighted by atomic mass is 16.2. The van der Waals surface area contributed by atoms with Crippen LogP contribution in [0.4, 0.5) is 0 Å². The Morgan fingerprint density at radius 2 is 1.90 bits per heavy atom. The lowest BCUT2D eigenvalue weighted by Gasteiger charge is -2.32. The van der Waals surface area contributed by atoms with E-state index in [9.17, 15) is 19.2 Å². The molecule has 2 N–H and O–H groups in total. The van der Waals surface area contributed by atoms with Gasteiger partial charge in [-0.1, -0.05) is 0 Å². The fourth-order valence-corrected chi connectivity index (χ4v) is 2.27. The highest BCUT2D eigenvalue weighted by Gasteiger charge is 2.37. The van der Waals surface area contributed by atoms with Crippen LogP contribution in [0.5, 0.6) is 0 Å². The van der Waals surface area contributed by atoms with Gasteiger partial charge in [0.25, 0.3) is 0 Å². The SMILES string of the molecule is CC1C(=O)NC(=O)CN1C(=O)C(=O)N1CCCNCC1. The molecule has 0 aromatic carbocycles. The largest absolute Gasteiger partial charge is 0.333 e. The Morgan fingerprint density at radius 1 is 1.15 bits per heavy atom. The molecule has 2 saturated heterocycles. The maximum absolute atomic E-state index is 12.2. The molecule has 2 fully saturated rings. The zero-order chi connectivity index (χ0) is 14.7. The molecular formula is C12H18N4O4. The van der Waals surface area contributed by atoms with Crippen molar-refractivity contribution in [2.45, 2.75) is 19.4 Å². The number of carbonyl (C=O) groups is 4. The van der Waals surface area contributed by atoms with E-state index in [1.54, 1.807) is 0 Å². The number of imide groups is 1. The van der Waals surface area contributed by atoms with Gasteiger partial charge in [-0.2, -0.15) is 0 Å². The summed E-state index contributed by atoms with van der Waals surface area (Å²) in [4.78, 5) is 49.7. The van der Waals surface area contributed by atoms with Gasteiger partial charge >= 0.3 is 11.8 Å². The summed E-state index contributed by atoms with van der Waals surface area (Å²) in [5, 5.41) is 5.27. The van der Waals surface area contributed by atoms with Crippen LogP contribution >= 0.6 is 0 Å². The summed E-state index contributed by atoms with van der Waals surface area (Å²) in [6.45, 7) is 3.63. The first kappa shape index (κ1) is 14.4. The number of nitrogens with zero attached hydrogens (tertiary/aromatic N) is 2. The molecule has 2 aliphatic heterocycles. The molecule has 0 bridgehead atoms. The fraction of sp³-hybridized carbons (Fsp3) is 0.667. The molecule has 0 aromatic heterocycles. The van der Waals surface area contributed by atoms with E-state index in [1.807, 2.05) is 0 Å². The van der Waals surface area contributed by atoms with Crippen LogP contribution in [0.15, 0.2) is 0 Å². The average Bonchev–Trinajstić information content (AvgIpc) is 2.70. The van der Waals surface area contributed by atoms with Gasteiger partial charge in [0.15, 0.2) is 0 Å². The van der Waals surface area contributed by atoms with Crippen molar-refractivity contribution in [3.05, 3.63) is 0 Å². The summed E-state index contributed by atoms with van der Waals surface area (Å²) < 4.78 is 0. The number of amides is 4. The highest BCUT2D eigenvalue weighted by Crippen LogP contribution is 2.08. The maximum atomic E-state index is 12.2. The first-order valence-corrected chi connectivity index (χ1v) is 6.65. The summed E-state index contributed by atoms with van der Waals surface area (Å²) in [7, 11) is 0. The number of hydrogen-bond donors (Lipinski definition) is 2. The molecule has 2 heterocycles. The van der Waals surface area contributed by atoms with Crippen LogP contribution in [0, 0.1) is 0 Å². The lowest BCUT2D eigenvalue weighted by molar-refractivity contribution is -0.158. The van der Waals surface area contributed by atoms with Crippen molar-refractivity contribution >= 4 is 23.6 Å². The fourth-order valence-electron chi connectivity index (χ4n) is 2.27. The number of piperazine rings is 1. The van der Waals surface area contributed by atoms with Crippen molar-refractivity contribution in [1.29, 1.82) is 0 Å². The maximum Gasteiger partial charge on any atom is 0.313 e. The van der Waals surface area contributed by atoms with E-state index in [-0.39, 0.29) is 6.54 Å². The quantitative estimate of drug-likeness (QED) is 0.384. The second-order valence-corrected chi connectivity index (χ2v) is 4.92. The second-order valence-electron chi connectivity index (χ2n) is 4.92. The van der Waals surface area contributed by atoms with Crippen LogP contribution in [0.2, 0.25) is 0 Å². The van der Waals surface area contributed by atoms with Crippen LogP contribution in [-0.2, 0) is 19.2 Å². The molecular weight excluding hydrogens is 264 g/mol. The molecule has 8 heteroatoms. The van der Waals surface area contributed by atoms with E-state index in [0.29, 0.717) is 19.6 Å². The standard InChI is InChI=1S/C12H18N4O4/c1-8-10(18)14-9(17)7-16(8)12(20)11(19)15-5-2-3-13-4-6-15/h8,13H,2-7H2,1H3,(H,14,17,18). The third-order valence-corrected chi connectivity index (χ3v) is 3.49. The van der Waals surface area contributed by atoms with Crippen LogP contribution in [-0.4, -0.2) is 72.2 Å². The Morgan fingerprint density at radius 3 is 2.65 bits per heavy atom. The van der Waals surface area contributed by atoms with Gasteiger partial charge in [0.05, 0.1) is 0 Å². The number of carbonyl (C=O) groups excluding carboxylic acids is 4. The lowest BCUT2D eigenvalue weighted by Crippen LogP contribution is -2.61. The van der Waals surface area contributed by atoms with Crippen molar-refractivity contribution in [2.75, 3.05) is 32.7 Å².